The van der Waals surface area contributed by atoms with Crippen molar-refractivity contribution in [3.63, 3.8) is 0 Å². The second-order valence-electron chi connectivity index (χ2n) is 4.53. The SMILES string of the molecule is CCCCC(=O)CCCC(=O)CCCOS(=O)(=O)OC. The van der Waals surface area contributed by atoms with Gasteiger partial charge in [0.2, 0.25) is 0 Å². The van der Waals surface area contributed by atoms with Crippen molar-refractivity contribution in [2.24, 2.45) is 0 Å². The van der Waals surface area contributed by atoms with Crippen LogP contribution in [0.4, 0.5) is 0 Å². The number of hydrogen-bond donors (Lipinski definition) is 0. The van der Waals surface area contributed by atoms with E-state index in [0.29, 0.717) is 32.1 Å². The van der Waals surface area contributed by atoms with Crippen LogP contribution in [0.2, 0.25) is 0 Å². The highest BCUT2D eigenvalue weighted by Crippen LogP contribution is 2.06. The van der Waals surface area contributed by atoms with Crippen LogP contribution >= 0.6 is 0 Å². The average Bonchev–Trinajstić information content (AvgIpc) is 2.41. The van der Waals surface area contributed by atoms with Gasteiger partial charge in [-0.1, -0.05) is 13.3 Å². The van der Waals surface area contributed by atoms with E-state index in [1.807, 2.05) is 6.92 Å². The third-order valence-electron chi connectivity index (χ3n) is 2.75. The van der Waals surface area contributed by atoms with Gasteiger partial charge >= 0.3 is 10.4 Å². The van der Waals surface area contributed by atoms with Gasteiger partial charge in [-0.25, -0.2) is 4.18 Å². The quantitative estimate of drug-likeness (QED) is 0.485. The number of rotatable bonds is 13. The second-order valence-corrected chi connectivity index (χ2v) is 5.92. The molecule has 0 aliphatic heterocycles. The van der Waals surface area contributed by atoms with Gasteiger partial charge in [0.15, 0.2) is 0 Å². The van der Waals surface area contributed by atoms with Crippen molar-refractivity contribution in [3.8, 4) is 0 Å². The summed E-state index contributed by atoms with van der Waals surface area (Å²) in [5.41, 5.74) is 0. The molecular weight excluding hydrogens is 284 g/mol. The number of Topliss-reactive ketones (excluding diaryl/α,β-unsaturated/α-hetero) is 2. The molecule has 0 saturated carbocycles. The lowest BCUT2D eigenvalue weighted by Crippen LogP contribution is -2.09. The van der Waals surface area contributed by atoms with Gasteiger partial charge in [0.25, 0.3) is 0 Å². The highest BCUT2D eigenvalue weighted by atomic mass is 32.3. The van der Waals surface area contributed by atoms with E-state index >= 15 is 0 Å². The number of unbranched alkanes of at least 4 members (excludes halogenated alkanes) is 1. The Hall–Kier alpha value is -0.790. The fourth-order valence-electron chi connectivity index (χ4n) is 1.59. The molecule has 0 unspecified atom stereocenters. The maximum atomic E-state index is 11.5. The zero-order valence-corrected chi connectivity index (χ0v) is 13.0. The van der Waals surface area contributed by atoms with Crippen LogP contribution in [0.15, 0.2) is 0 Å². The molecule has 0 spiro atoms. The van der Waals surface area contributed by atoms with Crippen LogP contribution in [0.5, 0.6) is 0 Å². The van der Waals surface area contributed by atoms with Crippen molar-refractivity contribution in [1.29, 1.82) is 0 Å². The highest BCUT2D eigenvalue weighted by molar-refractivity contribution is 7.81. The van der Waals surface area contributed by atoms with Crippen LogP contribution in [0.3, 0.4) is 0 Å². The number of carbonyl (C=O) groups excluding carboxylic acids is 2. The van der Waals surface area contributed by atoms with Crippen molar-refractivity contribution in [2.75, 3.05) is 13.7 Å². The molecule has 0 bridgehead atoms. The first kappa shape index (κ1) is 19.2. The Kier molecular flexibility index (Phi) is 10.5. The van der Waals surface area contributed by atoms with Gasteiger partial charge < -0.3 is 0 Å². The molecular formula is C13H24O6S. The molecule has 0 N–H and O–H groups in total. The van der Waals surface area contributed by atoms with Gasteiger partial charge in [0, 0.05) is 25.7 Å². The Bertz CT molecular complexity index is 388. The Morgan fingerprint density at radius 1 is 0.900 bits per heavy atom. The zero-order valence-electron chi connectivity index (χ0n) is 12.2. The summed E-state index contributed by atoms with van der Waals surface area (Å²) in [7, 11) is -2.90. The summed E-state index contributed by atoms with van der Waals surface area (Å²) in [5.74, 6) is 0.223. The smallest absolute Gasteiger partial charge is 0.300 e. The second kappa shape index (κ2) is 10.9. The highest BCUT2D eigenvalue weighted by Gasteiger charge is 2.09. The van der Waals surface area contributed by atoms with Crippen LogP contribution in [-0.2, 0) is 28.4 Å². The van der Waals surface area contributed by atoms with Crippen molar-refractivity contribution in [1.82, 2.24) is 0 Å². The summed E-state index contributed by atoms with van der Waals surface area (Å²) in [6.45, 7) is 1.96. The minimum absolute atomic E-state index is 0.0201. The molecule has 0 saturated heterocycles. The van der Waals surface area contributed by atoms with Crippen molar-refractivity contribution >= 4 is 22.0 Å². The van der Waals surface area contributed by atoms with E-state index in [4.69, 9.17) is 0 Å². The van der Waals surface area contributed by atoms with Gasteiger partial charge in [-0.2, -0.15) is 8.42 Å². The first-order chi connectivity index (χ1) is 9.41. The summed E-state index contributed by atoms with van der Waals surface area (Å²) < 4.78 is 30.2. The molecule has 6 nitrogen and oxygen atoms in total. The topological polar surface area (TPSA) is 86.7 Å². The maximum absolute atomic E-state index is 11.5. The molecule has 0 aliphatic carbocycles. The standard InChI is InChI=1S/C13H24O6S/c1-3-4-7-12(14)8-5-9-13(15)10-6-11-19-20(16,17)18-2/h3-11H2,1-2H3. The van der Waals surface area contributed by atoms with Gasteiger partial charge in [-0.05, 0) is 19.3 Å². The lowest BCUT2D eigenvalue weighted by molar-refractivity contribution is -0.120. The predicted molar refractivity (Wildman–Crippen MR) is 74.5 cm³/mol. The maximum Gasteiger partial charge on any atom is 0.399 e. The molecule has 20 heavy (non-hydrogen) atoms. The van der Waals surface area contributed by atoms with Gasteiger partial charge in [0.05, 0.1) is 13.7 Å². The summed E-state index contributed by atoms with van der Waals surface area (Å²) in [6.07, 6.45) is 4.43. The number of carbonyl (C=O) groups is 2. The van der Waals surface area contributed by atoms with Crippen LogP contribution in [-0.4, -0.2) is 33.7 Å². The van der Waals surface area contributed by atoms with Crippen LogP contribution in [0.1, 0.15) is 58.3 Å². The van der Waals surface area contributed by atoms with Crippen LogP contribution in [0, 0.1) is 0 Å². The monoisotopic (exact) mass is 308 g/mol. The van der Waals surface area contributed by atoms with E-state index in [0.717, 1.165) is 20.0 Å². The van der Waals surface area contributed by atoms with Crippen LogP contribution < -0.4 is 0 Å². The Morgan fingerprint density at radius 3 is 1.90 bits per heavy atom. The fourth-order valence-corrected chi connectivity index (χ4v) is 2.00. The molecule has 0 atom stereocenters. The first-order valence-electron chi connectivity index (χ1n) is 6.89. The van der Waals surface area contributed by atoms with Gasteiger partial charge in [-0.15, -0.1) is 0 Å². The number of ketones is 2. The minimum atomic E-state index is -3.91. The van der Waals surface area contributed by atoms with Crippen molar-refractivity contribution in [2.45, 2.75) is 58.3 Å². The molecule has 0 heterocycles. The molecule has 0 rings (SSSR count). The van der Waals surface area contributed by atoms with E-state index < -0.39 is 10.4 Å². The molecule has 0 amide bonds. The summed E-state index contributed by atoms with van der Waals surface area (Å²) in [4.78, 5) is 22.9. The van der Waals surface area contributed by atoms with Gasteiger partial charge in [0.1, 0.15) is 11.6 Å². The summed E-state index contributed by atoms with van der Waals surface area (Å²) >= 11 is 0. The molecule has 0 aliphatic rings. The van der Waals surface area contributed by atoms with E-state index in [1.165, 1.54) is 0 Å². The first-order valence-corrected chi connectivity index (χ1v) is 8.23. The largest absolute Gasteiger partial charge is 0.399 e. The van der Waals surface area contributed by atoms with E-state index in [2.05, 4.69) is 8.37 Å². The van der Waals surface area contributed by atoms with E-state index in [1.54, 1.807) is 0 Å². The van der Waals surface area contributed by atoms with E-state index in [-0.39, 0.29) is 24.6 Å². The Labute approximate surface area is 121 Å². The minimum Gasteiger partial charge on any atom is -0.300 e. The molecule has 0 aromatic carbocycles. The van der Waals surface area contributed by atoms with Gasteiger partial charge in [-0.3, -0.25) is 13.8 Å². The third-order valence-corrected chi connectivity index (χ3v) is 3.62. The number of hydrogen-bond acceptors (Lipinski definition) is 6. The molecule has 0 aromatic rings. The normalized spacial score (nSPS) is 11.5. The lowest BCUT2D eigenvalue weighted by Gasteiger charge is -2.03. The molecule has 0 fully saturated rings. The molecule has 0 radical (unpaired) electrons. The predicted octanol–water partition coefficient (Wildman–Crippen LogP) is 2.17. The Balaban J connectivity index is 3.58. The fraction of sp³-hybridized carbons (Fsp3) is 0.846. The Morgan fingerprint density at radius 2 is 1.40 bits per heavy atom. The average molecular weight is 308 g/mol. The summed E-state index contributed by atoms with van der Waals surface area (Å²) in [6, 6.07) is 0. The summed E-state index contributed by atoms with van der Waals surface area (Å²) in [5, 5.41) is 0. The third kappa shape index (κ3) is 11.1. The zero-order chi connectivity index (χ0) is 15.4. The van der Waals surface area contributed by atoms with Crippen molar-refractivity contribution < 1.29 is 26.4 Å². The molecule has 118 valence electrons. The lowest BCUT2D eigenvalue weighted by atomic mass is 10.0. The molecule has 0 aromatic heterocycles. The molecule has 7 heteroatoms. The van der Waals surface area contributed by atoms with E-state index in [9.17, 15) is 18.0 Å². The van der Waals surface area contributed by atoms with Crippen LogP contribution in [0.25, 0.3) is 0 Å². The van der Waals surface area contributed by atoms with Crippen molar-refractivity contribution in [3.05, 3.63) is 0 Å².